The van der Waals surface area contributed by atoms with Gasteiger partial charge in [-0.05, 0) is 35.2 Å². The average molecular weight is 257 g/mol. The van der Waals surface area contributed by atoms with Crippen molar-refractivity contribution in [3.05, 3.63) is 65.0 Å². The molecule has 2 aromatic carbocycles. The third kappa shape index (κ3) is 2.34. The van der Waals surface area contributed by atoms with E-state index in [1.54, 1.807) is 12.1 Å². The van der Waals surface area contributed by atoms with Crippen LogP contribution in [-0.2, 0) is 19.6 Å². The summed E-state index contributed by atoms with van der Waals surface area (Å²) in [5.74, 6) is -0.258. The van der Waals surface area contributed by atoms with Crippen molar-refractivity contribution >= 4 is 5.69 Å². The molecule has 0 amide bonds. The Labute approximate surface area is 112 Å². The van der Waals surface area contributed by atoms with E-state index in [1.165, 1.54) is 17.2 Å². The molecular weight excluding hydrogens is 241 g/mol. The second-order valence-electron chi connectivity index (χ2n) is 4.88. The Morgan fingerprint density at radius 2 is 1.89 bits per heavy atom. The molecule has 1 aliphatic heterocycles. The van der Waals surface area contributed by atoms with E-state index in [-0.39, 0.29) is 12.4 Å². The monoisotopic (exact) mass is 257 g/mol. The zero-order chi connectivity index (χ0) is 13.2. The second kappa shape index (κ2) is 5.02. The minimum Gasteiger partial charge on any atom is -0.392 e. The van der Waals surface area contributed by atoms with Crippen LogP contribution in [0.25, 0.3) is 0 Å². The summed E-state index contributed by atoms with van der Waals surface area (Å²) in [6, 6.07) is 13.3. The SMILES string of the molecule is OCc1ccc(N2CCc3ccccc3C2)c(F)c1. The Morgan fingerprint density at radius 3 is 2.63 bits per heavy atom. The molecule has 0 bridgehead atoms. The van der Waals surface area contributed by atoms with Gasteiger partial charge in [-0.2, -0.15) is 0 Å². The molecule has 0 aromatic heterocycles. The van der Waals surface area contributed by atoms with Crippen LogP contribution in [0.3, 0.4) is 0 Å². The van der Waals surface area contributed by atoms with Crippen LogP contribution in [0.5, 0.6) is 0 Å². The molecule has 0 spiro atoms. The Balaban J connectivity index is 1.89. The molecule has 19 heavy (non-hydrogen) atoms. The highest BCUT2D eigenvalue weighted by Gasteiger charge is 2.18. The van der Waals surface area contributed by atoms with Gasteiger partial charge in [0.2, 0.25) is 0 Å². The van der Waals surface area contributed by atoms with Gasteiger partial charge >= 0.3 is 0 Å². The Kier molecular flexibility index (Phi) is 3.22. The van der Waals surface area contributed by atoms with Crippen molar-refractivity contribution in [1.82, 2.24) is 0 Å². The standard InChI is InChI=1S/C16H16FNO/c17-15-9-12(11-19)5-6-16(15)18-8-7-13-3-1-2-4-14(13)10-18/h1-6,9,19H,7-8,10-11H2. The van der Waals surface area contributed by atoms with Gasteiger partial charge in [-0.15, -0.1) is 0 Å². The van der Waals surface area contributed by atoms with Gasteiger partial charge in [0.05, 0.1) is 12.3 Å². The first kappa shape index (κ1) is 12.2. The average Bonchev–Trinajstić information content (AvgIpc) is 2.46. The quantitative estimate of drug-likeness (QED) is 0.894. The van der Waals surface area contributed by atoms with Crippen LogP contribution in [0.2, 0.25) is 0 Å². The summed E-state index contributed by atoms with van der Waals surface area (Å²) < 4.78 is 14.0. The summed E-state index contributed by atoms with van der Waals surface area (Å²) in [7, 11) is 0. The predicted octanol–water partition coefficient (Wildman–Crippen LogP) is 2.88. The van der Waals surface area contributed by atoms with E-state index in [2.05, 4.69) is 17.0 Å². The van der Waals surface area contributed by atoms with Gasteiger partial charge in [0.25, 0.3) is 0 Å². The van der Waals surface area contributed by atoms with Crippen molar-refractivity contribution in [1.29, 1.82) is 0 Å². The number of halogens is 1. The molecule has 0 aliphatic carbocycles. The summed E-state index contributed by atoms with van der Waals surface area (Å²) in [5, 5.41) is 9.01. The summed E-state index contributed by atoms with van der Waals surface area (Å²) >= 11 is 0. The highest BCUT2D eigenvalue weighted by Crippen LogP contribution is 2.27. The van der Waals surface area contributed by atoms with Gasteiger partial charge in [0, 0.05) is 13.1 Å². The first-order valence-electron chi connectivity index (χ1n) is 6.49. The number of nitrogens with zero attached hydrogens (tertiary/aromatic N) is 1. The predicted molar refractivity (Wildman–Crippen MR) is 73.5 cm³/mol. The fourth-order valence-electron chi connectivity index (χ4n) is 2.61. The fourth-order valence-corrected chi connectivity index (χ4v) is 2.61. The summed E-state index contributed by atoms with van der Waals surface area (Å²) in [4.78, 5) is 2.05. The lowest BCUT2D eigenvalue weighted by atomic mass is 9.99. The lowest BCUT2D eigenvalue weighted by molar-refractivity contribution is 0.281. The molecular formula is C16H16FNO. The highest BCUT2D eigenvalue weighted by molar-refractivity contribution is 5.51. The Morgan fingerprint density at radius 1 is 1.11 bits per heavy atom. The molecule has 2 aromatic rings. The normalized spacial score (nSPS) is 14.3. The van der Waals surface area contributed by atoms with Gasteiger partial charge in [0.15, 0.2) is 0 Å². The van der Waals surface area contributed by atoms with Crippen molar-refractivity contribution in [2.75, 3.05) is 11.4 Å². The van der Waals surface area contributed by atoms with Crippen LogP contribution in [0, 0.1) is 5.82 Å². The number of fused-ring (bicyclic) bond motifs is 1. The molecule has 1 heterocycles. The van der Waals surface area contributed by atoms with E-state index in [0.717, 1.165) is 19.5 Å². The minimum absolute atomic E-state index is 0.125. The molecule has 2 nitrogen and oxygen atoms in total. The van der Waals surface area contributed by atoms with E-state index in [9.17, 15) is 4.39 Å². The molecule has 0 fully saturated rings. The minimum atomic E-state index is -0.258. The lowest BCUT2D eigenvalue weighted by Gasteiger charge is -2.31. The molecule has 0 radical (unpaired) electrons. The van der Waals surface area contributed by atoms with Crippen LogP contribution in [0.1, 0.15) is 16.7 Å². The van der Waals surface area contributed by atoms with Crippen LogP contribution in [0.4, 0.5) is 10.1 Å². The van der Waals surface area contributed by atoms with E-state index in [0.29, 0.717) is 11.3 Å². The van der Waals surface area contributed by atoms with E-state index >= 15 is 0 Å². The van der Waals surface area contributed by atoms with Crippen molar-refractivity contribution in [2.24, 2.45) is 0 Å². The van der Waals surface area contributed by atoms with Crippen molar-refractivity contribution in [3.8, 4) is 0 Å². The third-order valence-electron chi connectivity index (χ3n) is 3.67. The Bertz CT molecular complexity index is 597. The van der Waals surface area contributed by atoms with Gasteiger partial charge in [-0.3, -0.25) is 0 Å². The van der Waals surface area contributed by atoms with Gasteiger partial charge < -0.3 is 10.0 Å². The number of rotatable bonds is 2. The summed E-state index contributed by atoms with van der Waals surface area (Å²) in [6.45, 7) is 1.44. The van der Waals surface area contributed by atoms with E-state index in [1.807, 2.05) is 12.1 Å². The summed E-state index contributed by atoms with van der Waals surface area (Å²) in [5.41, 5.74) is 3.84. The molecule has 1 N–H and O–H groups in total. The van der Waals surface area contributed by atoms with Crippen LogP contribution in [0.15, 0.2) is 42.5 Å². The zero-order valence-electron chi connectivity index (χ0n) is 10.6. The maximum Gasteiger partial charge on any atom is 0.146 e. The zero-order valence-corrected chi connectivity index (χ0v) is 10.6. The number of benzene rings is 2. The van der Waals surface area contributed by atoms with Crippen LogP contribution < -0.4 is 4.90 Å². The molecule has 98 valence electrons. The molecule has 0 unspecified atom stereocenters. The smallest absolute Gasteiger partial charge is 0.146 e. The van der Waals surface area contributed by atoms with Crippen molar-refractivity contribution in [3.63, 3.8) is 0 Å². The number of aliphatic hydroxyl groups is 1. The molecule has 3 heteroatoms. The maximum atomic E-state index is 14.0. The van der Waals surface area contributed by atoms with Crippen molar-refractivity contribution < 1.29 is 9.50 Å². The number of hydrogen-bond donors (Lipinski definition) is 1. The molecule has 0 saturated heterocycles. The first-order valence-corrected chi connectivity index (χ1v) is 6.49. The Hall–Kier alpha value is -1.87. The molecule has 3 rings (SSSR count). The number of anilines is 1. The third-order valence-corrected chi connectivity index (χ3v) is 3.67. The van der Waals surface area contributed by atoms with E-state index in [4.69, 9.17) is 5.11 Å². The second-order valence-corrected chi connectivity index (χ2v) is 4.88. The molecule has 0 saturated carbocycles. The maximum absolute atomic E-state index is 14.0. The number of hydrogen-bond acceptors (Lipinski definition) is 2. The highest BCUT2D eigenvalue weighted by atomic mass is 19.1. The van der Waals surface area contributed by atoms with Gasteiger partial charge in [-0.25, -0.2) is 4.39 Å². The van der Waals surface area contributed by atoms with Crippen molar-refractivity contribution in [2.45, 2.75) is 19.6 Å². The molecule has 1 aliphatic rings. The number of aliphatic hydroxyl groups excluding tert-OH is 1. The van der Waals surface area contributed by atoms with Crippen LogP contribution >= 0.6 is 0 Å². The van der Waals surface area contributed by atoms with E-state index < -0.39 is 0 Å². The van der Waals surface area contributed by atoms with Gasteiger partial charge in [-0.1, -0.05) is 30.3 Å². The fraction of sp³-hybridized carbons (Fsp3) is 0.250. The van der Waals surface area contributed by atoms with Gasteiger partial charge in [0.1, 0.15) is 5.82 Å². The molecule has 0 atom stereocenters. The van der Waals surface area contributed by atoms with Crippen LogP contribution in [-0.4, -0.2) is 11.7 Å². The lowest BCUT2D eigenvalue weighted by Crippen LogP contribution is -2.30. The topological polar surface area (TPSA) is 23.5 Å². The largest absolute Gasteiger partial charge is 0.392 e. The summed E-state index contributed by atoms with van der Waals surface area (Å²) in [6.07, 6.45) is 0.942. The first-order chi connectivity index (χ1) is 9.28.